The molecule has 1 saturated carbocycles. The summed E-state index contributed by atoms with van der Waals surface area (Å²) >= 11 is 0. The number of rotatable bonds is 4. The number of piperidine rings is 1. The predicted octanol–water partition coefficient (Wildman–Crippen LogP) is 4.05. The lowest BCUT2D eigenvalue weighted by Gasteiger charge is -2.23. The maximum atomic E-state index is 12.5. The van der Waals surface area contributed by atoms with E-state index in [2.05, 4.69) is 15.6 Å². The first-order chi connectivity index (χ1) is 11.8. The molecule has 0 radical (unpaired) electrons. The molecule has 2 heterocycles. The van der Waals surface area contributed by atoms with E-state index in [1.165, 1.54) is 0 Å². The smallest absolute Gasteiger partial charge is 0.228 e. The van der Waals surface area contributed by atoms with E-state index < -0.39 is 0 Å². The van der Waals surface area contributed by atoms with Gasteiger partial charge in [-0.2, -0.15) is 0 Å². The van der Waals surface area contributed by atoms with Crippen molar-refractivity contribution >= 4 is 36.4 Å². The summed E-state index contributed by atoms with van der Waals surface area (Å²) in [4.78, 5) is 16.7. The molecule has 4 rings (SSSR count). The monoisotopic (exact) mass is 395 g/mol. The normalized spacial score (nSPS) is 19.6. The highest BCUT2D eigenvalue weighted by molar-refractivity contribution is 5.95. The molecule has 2 aliphatic rings. The lowest BCUT2D eigenvalue weighted by Crippen LogP contribution is -2.31. The number of halogens is 2. The third-order valence-corrected chi connectivity index (χ3v) is 5.07. The Balaban J connectivity index is 0.00000121. The first-order valence-electron chi connectivity index (χ1n) is 8.46. The largest absolute Gasteiger partial charge is 0.439 e. The highest BCUT2D eigenvalue weighted by Crippen LogP contribution is 2.58. The van der Waals surface area contributed by atoms with Crippen molar-refractivity contribution in [3.8, 4) is 11.6 Å². The zero-order valence-corrected chi connectivity index (χ0v) is 15.9. The fourth-order valence-corrected chi connectivity index (χ4v) is 3.59. The van der Waals surface area contributed by atoms with Crippen LogP contribution in [0.25, 0.3) is 0 Å². The number of aromatic nitrogens is 1. The Hall–Kier alpha value is -1.82. The number of anilines is 1. The second-order valence-corrected chi connectivity index (χ2v) is 6.66. The van der Waals surface area contributed by atoms with E-state index in [0.29, 0.717) is 11.6 Å². The van der Waals surface area contributed by atoms with Gasteiger partial charge >= 0.3 is 0 Å². The van der Waals surface area contributed by atoms with Crippen molar-refractivity contribution in [2.75, 3.05) is 18.4 Å². The number of carbonyl (C=O) groups excluding carboxylic acids is 1. The van der Waals surface area contributed by atoms with E-state index in [0.717, 1.165) is 38.0 Å². The molecule has 140 valence electrons. The van der Waals surface area contributed by atoms with Gasteiger partial charge in [-0.15, -0.1) is 24.8 Å². The molecule has 2 N–H and O–H groups in total. The van der Waals surface area contributed by atoms with E-state index in [1.807, 2.05) is 36.4 Å². The van der Waals surface area contributed by atoms with Gasteiger partial charge < -0.3 is 15.4 Å². The van der Waals surface area contributed by atoms with Gasteiger partial charge in [0.2, 0.25) is 11.8 Å². The summed E-state index contributed by atoms with van der Waals surface area (Å²) in [6.45, 7) is 2.05. The molecule has 1 aliphatic carbocycles. The second-order valence-electron chi connectivity index (χ2n) is 6.66. The molecule has 2 aromatic rings. The van der Waals surface area contributed by atoms with E-state index in [4.69, 9.17) is 4.74 Å². The van der Waals surface area contributed by atoms with Gasteiger partial charge in [0.05, 0.1) is 0 Å². The molecule has 1 aromatic carbocycles. The van der Waals surface area contributed by atoms with Gasteiger partial charge in [-0.3, -0.25) is 4.79 Å². The van der Waals surface area contributed by atoms with E-state index in [-0.39, 0.29) is 42.1 Å². The number of hydrogen-bond donors (Lipinski definition) is 2. The fraction of sp³-hybridized carbons (Fsp3) is 0.368. The summed E-state index contributed by atoms with van der Waals surface area (Å²) < 4.78 is 5.72. The zero-order valence-electron chi connectivity index (χ0n) is 14.3. The van der Waals surface area contributed by atoms with Gasteiger partial charge in [0, 0.05) is 29.9 Å². The summed E-state index contributed by atoms with van der Waals surface area (Å²) in [5.41, 5.74) is 1.02. The molecule has 2 fully saturated rings. The maximum Gasteiger partial charge on any atom is 0.228 e. The number of ether oxygens (including phenoxy) is 1. The van der Waals surface area contributed by atoms with Crippen molar-refractivity contribution in [1.29, 1.82) is 0 Å². The molecule has 1 saturated heterocycles. The summed E-state index contributed by atoms with van der Waals surface area (Å²) in [6.07, 6.45) is 4.92. The van der Waals surface area contributed by atoms with Gasteiger partial charge in [0.25, 0.3) is 0 Å². The van der Waals surface area contributed by atoms with Crippen LogP contribution in [0.5, 0.6) is 11.6 Å². The minimum absolute atomic E-state index is 0. The van der Waals surface area contributed by atoms with Crippen molar-refractivity contribution in [2.24, 2.45) is 11.3 Å². The number of amides is 1. The van der Waals surface area contributed by atoms with Crippen molar-refractivity contribution in [2.45, 2.75) is 19.3 Å². The van der Waals surface area contributed by atoms with E-state index >= 15 is 0 Å². The van der Waals surface area contributed by atoms with Gasteiger partial charge in [0.1, 0.15) is 5.75 Å². The minimum atomic E-state index is 0. The quantitative estimate of drug-likeness (QED) is 0.819. The molecule has 1 aliphatic heterocycles. The first kappa shape index (κ1) is 20.5. The van der Waals surface area contributed by atoms with E-state index in [9.17, 15) is 4.79 Å². The third-order valence-electron chi connectivity index (χ3n) is 5.07. The molecule has 1 atom stereocenters. The van der Waals surface area contributed by atoms with Crippen molar-refractivity contribution in [3.63, 3.8) is 0 Å². The number of pyridine rings is 1. The van der Waals surface area contributed by atoms with Crippen LogP contribution in [0.4, 0.5) is 5.69 Å². The Labute approximate surface area is 165 Å². The minimum Gasteiger partial charge on any atom is -0.439 e. The fourth-order valence-electron chi connectivity index (χ4n) is 3.59. The standard InChI is InChI=1S/C19H21N3O2.2ClH/c23-18(16-13-19(16)7-10-20-11-8-19)22-14-4-3-5-15(12-14)24-17-6-1-2-9-21-17;;/h1-6,9,12,16,20H,7-8,10-11,13H2,(H,22,23);2*1H. The summed E-state index contributed by atoms with van der Waals surface area (Å²) in [5.74, 6) is 1.49. The lowest BCUT2D eigenvalue weighted by molar-refractivity contribution is -0.118. The maximum absolute atomic E-state index is 12.5. The molecule has 7 heteroatoms. The van der Waals surface area contributed by atoms with Crippen LogP contribution in [-0.2, 0) is 4.79 Å². The Morgan fingerprint density at radius 2 is 1.96 bits per heavy atom. The van der Waals surface area contributed by atoms with Gasteiger partial charge in [-0.05, 0) is 56.0 Å². The number of benzene rings is 1. The Kier molecular flexibility index (Phi) is 6.87. The Bertz CT molecular complexity index is 737. The van der Waals surface area contributed by atoms with Crippen LogP contribution in [0.1, 0.15) is 19.3 Å². The van der Waals surface area contributed by atoms with Crippen molar-refractivity contribution in [3.05, 3.63) is 48.7 Å². The highest BCUT2D eigenvalue weighted by Gasteiger charge is 2.57. The lowest BCUT2D eigenvalue weighted by atomic mass is 9.92. The molecule has 1 aromatic heterocycles. The molecule has 1 unspecified atom stereocenters. The molecular formula is C19H23Cl2N3O2. The van der Waals surface area contributed by atoms with Crippen LogP contribution in [0.2, 0.25) is 0 Å². The van der Waals surface area contributed by atoms with Crippen molar-refractivity contribution < 1.29 is 9.53 Å². The number of carbonyl (C=O) groups is 1. The molecule has 0 bridgehead atoms. The zero-order chi connectivity index (χ0) is 16.4. The average molecular weight is 396 g/mol. The molecule has 1 amide bonds. The van der Waals surface area contributed by atoms with Crippen LogP contribution in [0, 0.1) is 11.3 Å². The summed E-state index contributed by atoms with van der Waals surface area (Å²) in [5, 5.41) is 6.41. The summed E-state index contributed by atoms with van der Waals surface area (Å²) in [6, 6.07) is 13.0. The molecule has 5 nitrogen and oxygen atoms in total. The van der Waals surface area contributed by atoms with Crippen LogP contribution >= 0.6 is 24.8 Å². The SMILES string of the molecule is Cl.Cl.O=C(Nc1cccc(Oc2ccccn2)c1)C1CC12CCNCC2. The van der Waals surface area contributed by atoms with Gasteiger partial charge in [-0.1, -0.05) is 12.1 Å². The Morgan fingerprint density at radius 1 is 1.15 bits per heavy atom. The topological polar surface area (TPSA) is 63.2 Å². The summed E-state index contributed by atoms with van der Waals surface area (Å²) in [7, 11) is 0. The van der Waals surface area contributed by atoms with Gasteiger partial charge in [-0.25, -0.2) is 4.98 Å². The third kappa shape index (κ3) is 4.47. The van der Waals surface area contributed by atoms with Gasteiger partial charge in [0.15, 0.2) is 0 Å². The molecule has 26 heavy (non-hydrogen) atoms. The molecular weight excluding hydrogens is 373 g/mol. The van der Waals surface area contributed by atoms with Crippen LogP contribution < -0.4 is 15.4 Å². The second kappa shape index (κ2) is 8.71. The highest BCUT2D eigenvalue weighted by atomic mass is 35.5. The number of nitrogens with zero attached hydrogens (tertiary/aromatic N) is 1. The average Bonchev–Trinajstić information content (AvgIpc) is 3.30. The molecule has 1 spiro atoms. The van der Waals surface area contributed by atoms with Crippen LogP contribution in [-0.4, -0.2) is 24.0 Å². The van der Waals surface area contributed by atoms with Crippen molar-refractivity contribution in [1.82, 2.24) is 10.3 Å². The van der Waals surface area contributed by atoms with Crippen LogP contribution in [0.15, 0.2) is 48.7 Å². The number of nitrogens with one attached hydrogen (secondary N) is 2. The van der Waals surface area contributed by atoms with E-state index in [1.54, 1.807) is 12.3 Å². The Morgan fingerprint density at radius 3 is 2.69 bits per heavy atom. The number of hydrogen-bond acceptors (Lipinski definition) is 4. The van der Waals surface area contributed by atoms with Crippen LogP contribution in [0.3, 0.4) is 0 Å². The first-order valence-corrected chi connectivity index (χ1v) is 8.46. The predicted molar refractivity (Wildman–Crippen MR) is 107 cm³/mol.